The quantitative estimate of drug-likeness (QED) is 0.597. The second-order valence-electron chi connectivity index (χ2n) is 2.69. The highest BCUT2D eigenvalue weighted by Gasteiger charge is 1.93. The first-order valence-electron chi connectivity index (χ1n) is 4.02. The molecule has 3 heteroatoms. The van der Waals surface area contributed by atoms with Crippen molar-refractivity contribution in [1.29, 1.82) is 0 Å². The lowest BCUT2D eigenvalue weighted by Gasteiger charge is -1.76. The second kappa shape index (κ2) is 4.91. The highest BCUT2D eigenvalue weighted by atomic mass is 15.0. The molecular formula is C8H15N3. The van der Waals surface area contributed by atoms with E-state index in [-0.39, 0.29) is 0 Å². The van der Waals surface area contributed by atoms with E-state index in [9.17, 15) is 0 Å². The van der Waals surface area contributed by atoms with Gasteiger partial charge in [-0.1, -0.05) is 0 Å². The zero-order chi connectivity index (χ0) is 7.94. The van der Waals surface area contributed by atoms with Crippen LogP contribution in [0.15, 0.2) is 18.7 Å². The molecule has 0 spiro atoms. The molecule has 3 nitrogen and oxygen atoms in total. The Morgan fingerprint density at radius 2 is 2.09 bits per heavy atom. The fraction of sp³-hybridized carbons (Fsp3) is 0.625. The van der Waals surface area contributed by atoms with Crippen LogP contribution in [0.1, 0.15) is 12.8 Å². The number of rotatable bonds is 0. The van der Waals surface area contributed by atoms with Crippen LogP contribution in [0.2, 0.25) is 0 Å². The SMILES string of the molecule is C1CCNC1.Cn1ccnc1. The minimum absolute atomic E-state index is 1.25. The molecule has 1 aromatic rings. The van der Waals surface area contributed by atoms with Gasteiger partial charge in [0, 0.05) is 19.4 Å². The van der Waals surface area contributed by atoms with Crippen LogP contribution in [0.5, 0.6) is 0 Å². The third-order valence-corrected chi connectivity index (χ3v) is 1.59. The van der Waals surface area contributed by atoms with Gasteiger partial charge in [0.1, 0.15) is 0 Å². The van der Waals surface area contributed by atoms with Gasteiger partial charge in [-0.15, -0.1) is 0 Å². The van der Waals surface area contributed by atoms with Gasteiger partial charge in [-0.05, 0) is 25.9 Å². The molecule has 0 atom stereocenters. The van der Waals surface area contributed by atoms with Gasteiger partial charge in [0.05, 0.1) is 6.33 Å². The second-order valence-corrected chi connectivity index (χ2v) is 2.69. The Kier molecular flexibility index (Phi) is 3.69. The summed E-state index contributed by atoms with van der Waals surface area (Å²) in [6.45, 7) is 2.50. The van der Waals surface area contributed by atoms with Gasteiger partial charge in [0.2, 0.25) is 0 Å². The van der Waals surface area contributed by atoms with E-state index in [2.05, 4.69) is 10.3 Å². The van der Waals surface area contributed by atoms with Crippen LogP contribution < -0.4 is 5.32 Å². The van der Waals surface area contributed by atoms with Crippen LogP contribution in [0.3, 0.4) is 0 Å². The van der Waals surface area contributed by atoms with Gasteiger partial charge in [0.25, 0.3) is 0 Å². The maximum absolute atomic E-state index is 3.78. The molecule has 0 unspecified atom stereocenters. The van der Waals surface area contributed by atoms with Gasteiger partial charge in [-0.2, -0.15) is 0 Å². The summed E-state index contributed by atoms with van der Waals surface area (Å²) in [5.74, 6) is 0. The predicted octanol–water partition coefficient (Wildman–Crippen LogP) is 0.790. The third-order valence-electron chi connectivity index (χ3n) is 1.59. The fourth-order valence-electron chi connectivity index (χ4n) is 0.951. The number of nitrogens with one attached hydrogen (secondary N) is 1. The van der Waals surface area contributed by atoms with Crippen LogP contribution in [-0.2, 0) is 7.05 Å². The van der Waals surface area contributed by atoms with E-state index in [1.165, 1.54) is 25.9 Å². The summed E-state index contributed by atoms with van der Waals surface area (Å²) in [5, 5.41) is 3.22. The van der Waals surface area contributed by atoms with Crippen LogP contribution >= 0.6 is 0 Å². The molecule has 11 heavy (non-hydrogen) atoms. The smallest absolute Gasteiger partial charge is 0.0943 e. The Bertz CT molecular complexity index is 158. The molecule has 1 fully saturated rings. The van der Waals surface area contributed by atoms with Crippen molar-refractivity contribution in [3.8, 4) is 0 Å². The van der Waals surface area contributed by atoms with Gasteiger partial charge in [-0.3, -0.25) is 0 Å². The largest absolute Gasteiger partial charge is 0.341 e. The fourth-order valence-corrected chi connectivity index (χ4v) is 0.951. The Morgan fingerprint density at radius 3 is 2.27 bits per heavy atom. The van der Waals surface area contributed by atoms with Crippen molar-refractivity contribution in [3.05, 3.63) is 18.7 Å². The van der Waals surface area contributed by atoms with Gasteiger partial charge >= 0.3 is 0 Å². The lowest BCUT2D eigenvalue weighted by molar-refractivity contribution is 0.857. The van der Waals surface area contributed by atoms with E-state index in [1.807, 2.05) is 17.8 Å². The van der Waals surface area contributed by atoms with Crippen molar-refractivity contribution in [2.24, 2.45) is 7.05 Å². The maximum Gasteiger partial charge on any atom is 0.0943 e. The van der Waals surface area contributed by atoms with Crippen molar-refractivity contribution in [2.45, 2.75) is 12.8 Å². The molecule has 0 aromatic carbocycles. The Morgan fingerprint density at radius 1 is 1.36 bits per heavy atom. The first-order chi connectivity index (χ1) is 5.39. The molecule has 1 aliphatic heterocycles. The van der Waals surface area contributed by atoms with E-state index >= 15 is 0 Å². The summed E-state index contributed by atoms with van der Waals surface area (Å²) in [6, 6.07) is 0. The number of hydrogen-bond acceptors (Lipinski definition) is 2. The van der Waals surface area contributed by atoms with E-state index in [4.69, 9.17) is 0 Å². The highest BCUT2D eigenvalue weighted by molar-refractivity contribution is 4.70. The summed E-state index contributed by atoms with van der Waals surface area (Å²) in [5.41, 5.74) is 0. The van der Waals surface area contributed by atoms with Gasteiger partial charge < -0.3 is 9.88 Å². The monoisotopic (exact) mass is 153 g/mol. The van der Waals surface area contributed by atoms with Crippen molar-refractivity contribution >= 4 is 0 Å². The Hall–Kier alpha value is -0.830. The molecule has 1 N–H and O–H groups in total. The van der Waals surface area contributed by atoms with Gasteiger partial charge in [0.15, 0.2) is 0 Å². The molecule has 0 bridgehead atoms. The Labute approximate surface area is 67.4 Å². The lowest BCUT2D eigenvalue weighted by Crippen LogP contribution is -2.03. The average Bonchev–Trinajstić information content (AvgIpc) is 2.57. The van der Waals surface area contributed by atoms with Crippen LogP contribution in [-0.4, -0.2) is 22.6 Å². The number of imidazole rings is 1. The van der Waals surface area contributed by atoms with Crippen molar-refractivity contribution < 1.29 is 0 Å². The zero-order valence-electron chi connectivity index (χ0n) is 6.95. The molecule has 0 aliphatic carbocycles. The summed E-state index contributed by atoms with van der Waals surface area (Å²) >= 11 is 0. The molecule has 1 aliphatic rings. The molecular weight excluding hydrogens is 138 g/mol. The molecule has 1 aromatic heterocycles. The minimum Gasteiger partial charge on any atom is -0.341 e. The normalized spacial score (nSPS) is 15.7. The number of aromatic nitrogens is 2. The van der Waals surface area contributed by atoms with E-state index in [0.29, 0.717) is 0 Å². The molecule has 2 heterocycles. The van der Waals surface area contributed by atoms with Crippen LogP contribution in [0, 0.1) is 0 Å². The average molecular weight is 153 g/mol. The maximum atomic E-state index is 3.78. The predicted molar refractivity (Wildman–Crippen MR) is 45.3 cm³/mol. The highest BCUT2D eigenvalue weighted by Crippen LogP contribution is 1.90. The Balaban J connectivity index is 0.000000112. The molecule has 62 valence electrons. The van der Waals surface area contributed by atoms with E-state index in [0.717, 1.165) is 0 Å². The third kappa shape index (κ3) is 3.78. The van der Waals surface area contributed by atoms with Crippen LogP contribution in [0.25, 0.3) is 0 Å². The van der Waals surface area contributed by atoms with Gasteiger partial charge in [-0.25, -0.2) is 4.98 Å². The summed E-state index contributed by atoms with van der Waals surface area (Å²) in [4.78, 5) is 3.78. The van der Waals surface area contributed by atoms with E-state index < -0.39 is 0 Å². The minimum atomic E-state index is 1.25. The van der Waals surface area contributed by atoms with Crippen LogP contribution in [0.4, 0.5) is 0 Å². The van der Waals surface area contributed by atoms with Crippen molar-refractivity contribution in [3.63, 3.8) is 0 Å². The summed E-state index contributed by atoms with van der Waals surface area (Å²) in [6.07, 6.45) is 8.17. The van der Waals surface area contributed by atoms with Crippen molar-refractivity contribution in [2.75, 3.05) is 13.1 Å². The van der Waals surface area contributed by atoms with E-state index in [1.54, 1.807) is 12.5 Å². The zero-order valence-corrected chi connectivity index (χ0v) is 6.95. The molecule has 2 rings (SSSR count). The lowest BCUT2D eigenvalue weighted by atomic mass is 10.4. The molecule has 1 saturated heterocycles. The first kappa shape index (κ1) is 8.27. The summed E-state index contributed by atoms with van der Waals surface area (Å²) in [7, 11) is 1.94. The summed E-state index contributed by atoms with van der Waals surface area (Å²) < 4.78 is 1.89. The standard InChI is InChI=1S/C4H6N2.C4H9N/c1-6-3-2-5-4-6;1-2-4-5-3-1/h2-4H,1H3;5H,1-4H2. The van der Waals surface area contributed by atoms with Crippen molar-refractivity contribution in [1.82, 2.24) is 14.9 Å². The number of aryl methyl sites for hydroxylation is 1. The molecule has 0 radical (unpaired) electrons. The molecule has 0 amide bonds. The number of hydrogen-bond donors (Lipinski definition) is 1. The topological polar surface area (TPSA) is 29.9 Å². The molecule has 0 saturated carbocycles. The first-order valence-corrected chi connectivity index (χ1v) is 4.02. The number of nitrogens with zero attached hydrogens (tertiary/aromatic N) is 2.